The van der Waals surface area contributed by atoms with E-state index in [1.807, 2.05) is 0 Å². The van der Waals surface area contributed by atoms with Crippen LogP contribution in [-0.2, 0) is 6.54 Å². The number of rotatable bonds is 3. The van der Waals surface area contributed by atoms with E-state index in [0.29, 0.717) is 17.8 Å². The Morgan fingerprint density at radius 1 is 1.35 bits per heavy atom. The Labute approximate surface area is 143 Å². The third kappa shape index (κ3) is 3.50. The minimum absolute atomic E-state index is 0. The average Bonchev–Trinajstić information content (AvgIpc) is 2.49. The fraction of sp³-hybridized carbons (Fsp3) is 0.667. The monoisotopic (exact) mass is 340 g/mol. The molecule has 1 aromatic heterocycles. The molecule has 0 aliphatic carbocycles. The highest BCUT2D eigenvalue weighted by atomic mass is 35.5. The molecule has 7 nitrogen and oxygen atoms in total. The molecule has 0 aromatic carbocycles. The van der Waals surface area contributed by atoms with Crippen LogP contribution in [0.2, 0.25) is 0 Å². The highest BCUT2D eigenvalue weighted by molar-refractivity contribution is 5.91. The molecule has 0 bridgehead atoms. The molecular weight excluding hydrogens is 316 g/mol. The van der Waals surface area contributed by atoms with Crippen LogP contribution in [0.1, 0.15) is 31.7 Å². The summed E-state index contributed by atoms with van der Waals surface area (Å²) in [6, 6.07) is -0.119. The number of halogens is 1. The molecule has 2 amide bonds. The summed E-state index contributed by atoms with van der Waals surface area (Å²) in [4.78, 5) is 24.4. The van der Waals surface area contributed by atoms with Crippen LogP contribution in [0.5, 0.6) is 0 Å². The van der Waals surface area contributed by atoms with Crippen LogP contribution < -0.4 is 16.0 Å². The van der Waals surface area contributed by atoms with Gasteiger partial charge in [-0.05, 0) is 31.2 Å². The van der Waals surface area contributed by atoms with Crippen LogP contribution in [-0.4, -0.2) is 47.6 Å². The van der Waals surface area contributed by atoms with Crippen LogP contribution in [0, 0.1) is 5.41 Å². The number of aromatic nitrogens is 2. The third-order valence-corrected chi connectivity index (χ3v) is 4.91. The van der Waals surface area contributed by atoms with Gasteiger partial charge in [0.2, 0.25) is 0 Å². The average molecular weight is 341 g/mol. The van der Waals surface area contributed by atoms with Crippen molar-refractivity contribution in [2.75, 3.05) is 36.9 Å². The van der Waals surface area contributed by atoms with Crippen molar-refractivity contribution in [3.8, 4) is 0 Å². The standard InChI is InChI=1S/C15H24N6O.ClH/c1-15(3-6-16)4-7-21(8-5-15)13-11-9-20(2)14(22)19-12(11)17-10-18-13;/h10H,3-9,16H2,1-2H3,(H,17,18,19,22);1H. The van der Waals surface area contributed by atoms with Crippen LogP contribution in [0.25, 0.3) is 0 Å². The SMILES string of the molecule is CN1Cc2c(ncnc2N2CCC(C)(CCN)CC2)NC1=O.Cl. The topological polar surface area (TPSA) is 87.4 Å². The van der Waals surface area contributed by atoms with Crippen molar-refractivity contribution in [1.82, 2.24) is 14.9 Å². The van der Waals surface area contributed by atoms with Crippen molar-refractivity contribution in [3.63, 3.8) is 0 Å². The number of urea groups is 1. The number of amides is 2. The number of hydrogen-bond acceptors (Lipinski definition) is 5. The largest absolute Gasteiger partial charge is 0.356 e. The number of piperidine rings is 1. The van der Waals surface area contributed by atoms with Crippen LogP contribution in [0.15, 0.2) is 6.33 Å². The lowest BCUT2D eigenvalue weighted by atomic mass is 9.77. The van der Waals surface area contributed by atoms with Gasteiger partial charge in [0.15, 0.2) is 0 Å². The van der Waals surface area contributed by atoms with Gasteiger partial charge in [-0.3, -0.25) is 5.32 Å². The zero-order valence-corrected chi connectivity index (χ0v) is 14.5. The van der Waals surface area contributed by atoms with E-state index in [9.17, 15) is 4.79 Å². The zero-order chi connectivity index (χ0) is 15.7. The number of fused-ring (bicyclic) bond motifs is 1. The number of carbonyl (C=O) groups is 1. The highest BCUT2D eigenvalue weighted by Crippen LogP contribution is 2.37. The maximum absolute atomic E-state index is 11.7. The Kier molecular flexibility index (Phi) is 5.31. The van der Waals surface area contributed by atoms with E-state index in [0.717, 1.165) is 50.3 Å². The second-order valence-electron chi connectivity index (χ2n) is 6.65. The molecule has 0 radical (unpaired) electrons. The Hall–Kier alpha value is -1.60. The molecule has 1 saturated heterocycles. The van der Waals surface area contributed by atoms with Gasteiger partial charge in [0.25, 0.3) is 0 Å². The Morgan fingerprint density at radius 3 is 2.70 bits per heavy atom. The van der Waals surface area contributed by atoms with Crippen molar-refractivity contribution >= 4 is 30.1 Å². The molecule has 3 N–H and O–H groups in total. The number of nitrogens with zero attached hydrogens (tertiary/aromatic N) is 4. The van der Waals surface area contributed by atoms with Gasteiger partial charge in [-0.25, -0.2) is 14.8 Å². The molecule has 0 spiro atoms. The molecule has 1 fully saturated rings. The predicted octanol–water partition coefficient (Wildman–Crippen LogP) is 1.83. The molecule has 0 unspecified atom stereocenters. The van der Waals surface area contributed by atoms with Gasteiger partial charge in [-0.2, -0.15) is 0 Å². The smallest absolute Gasteiger partial charge is 0.323 e. The lowest BCUT2D eigenvalue weighted by Crippen LogP contribution is -2.42. The van der Waals surface area contributed by atoms with Crippen molar-refractivity contribution in [2.24, 2.45) is 11.1 Å². The fourth-order valence-electron chi connectivity index (χ4n) is 3.29. The summed E-state index contributed by atoms with van der Waals surface area (Å²) in [5, 5.41) is 2.82. The van der Waals surface area contributed by atoms with Gasteiger partial charge in [0.05, 0.1) is 12.1 Å². The van der Waals surface area contributed by atoms with Crippen molar-refractivity contribution in [2.45, 2.75) is 32.7 Å². The summed E-state index contributed by atoms with van der Waals surface area (Å²) >= 11 is 0. The quantitative estimate of drug-likeness (QED) is 0.876. The van der Waals surface area contributed by atoms with Crippen molar-refractivity contribution in [1.29, 1.82) is 0 Å². The van der Waals surface area contributed by atoms with Gasteiger partial charge in [0.1, 0.15) is 18.0 Å². The molecule has 128 valence electrons. The summed E-state index contributed by atoms with van der Waals surface area (Å²) in [5.41, 5.74) is 7.07. The maximum atomic E-state index is 11.7. The van der Waals surface area contributed by atoms with E-state index in [2.05, 4.69) is 27.1 Å². The Balaban J connectivity index is 0.00000192. The summed E-state index contributed by atoms with van der Waals surface area (Å²) in [5.74, 6) is 1.59. The maximum Gasteiger partial charge on any atom is 0.323 e. The molecule has 23 heavy (non-hydrogen) atoms. The van der Waals surface area contributed by atoms with Crippen LogP contribution in [0.4, 0.5) is 16.4 Å². The predicted molar refractivity (Wildman–Crippen MR) is 93.0 cm³/mol. The molecule has 8 heteroatoms. The molecule has 0 saturated carbocycles. The van der Waals surface area contributed by atoms with Gasteiger partial charge in [-0.1, -0.05) is 6.92 Å². The number of nitrogens with one attached hydrogen (secondary N) is 1. The van der Waals surface area contributed by atoms with E-state index in [1.165, 1.54) is 6.33 Å². The first kappa shape index (κ1) is 17.7. The third-order valence-electron chi connectivity index (χ3n) is 4.91. The second-order valence-corrected chi connectivity index (χ2v) is 6.65. The van der Waals surface area contributed by atoms with Gasteiger partial charge in [-0.15, -0.1) is 12.4 Å². The Morgan fingerprint density at radius 2 is 2.04 bits per heavy atom. The van der Waals surface area contributed by atoms with Gasteiger partial charge >= 0.3 is 6.03 Å². The fourth-order valence-corrected chi connectivity index (χ4v) is 3.29. The van der Waals surface area contributed by atoms with Gasteiger partial charge in [0, 0.05) is 20.1 Å². The van der Waals surface area contributed by atoms with Crippen molar-refractivity contribution in [3.05, 3.63) is 11.9 Å². The molecule has 3 heterocycles. The number of anilines is 2. The normalized spacial score (nSPS) is 19.7. The zero-order valence-electron chi connectivity index (χ0n) is 13.7. The minimum Gasteiger partial charge on any atom is -0.356 e. The number of hydrogen-bond donors (Lipinski definition) is 2. The van der Waals surface area contributed by atoms with E-state index in [1.54, 1.807) is 11.9 Å². The lowest BCUT2D eigenvalue weighted by Gasteiger charge is -2.41. The molecular formula is C15H25ClN6O. The molecule has 0 atom stereocenters. The minimum atomic E-state index is -0.119. The highest BCUT2D eigenvalue weighted by Gasteiger charge is 2.32. The first-order valence-electron chi connectivity index (χ1n) is 7.83. The van der Waals surface area contributed by atoms with E-state index in [-0.39, 0.29) is 18.4 Å². The first-order valence-corrected chi connectivity index (χ1v) is 7.83. The summed E-state index contributed by atoms with van der Waals surface area (Å²) < 4.78 is 0. The second kappa shape index (κ2) is 6.88. The number of nitrogens with two attached hydrogens (primary N) is 1. The number of carbonyl (C=O) groups excluding carboxylic acids is 1. The van der Waals surface area contributed by atoms with Crippen molar-refractivity contribution < 1.29 is 4.79 Å². The molecule has 2 aliphatic heterocycles. The summed E-state index contributed by atoms with van der Waals surface area (Å²) in [7, 11) is 1.78. The molecule has 3 rings (SSSR count). The van der Waals surface area contributed by atoms with E-state index < -0.39 is 0 Å². The van der Waals surface area contributed by atoms with Crippen LogP contribution >= 0.6 is 12.4 Å². The first-order chi connectivity index (χ1) is 10.5. The van der Waals surface area contributed by atoms with E-state index >= 15 is 0 Å². The molecule has 1 aromatic rings. The summed E-state index contributed by atoms with van der Waals surface area (Å²) in [6.07, 6.45) is 4.84. The van der Waals surface area contributed by atoms with Gasteiger partial charge < -0.3 is 15.5 Å². The lowest BCUT2D eigenvalue weighted by molar-refractivity contribution is 0.218. The molecule has 2 aliphatic rings. The Bertz CT molecular complexity index is 573. The summed E-state index contributed by atoms with van der Waals surface area (Å²) in [6.45, 7) is 5.56. The van der Waals surface area contributed by atoms with Crippen LogP contribution in [0.3, 0.4) is 0 Å². The van der Waals surface area contributed by atoms with E-state index in [4.69, 9.17) is 5.73 Å².